The topological polar surface area (TPSA) is 61.0 Å². The molecule has 84 valence electrons. The van der Waals surface area contributed by atoms with Gasteiger partial charge < -0.3 is 15.2 Å². The largest absolute Gasteiger partial charge is 0.358 e. The number of aromatic nitrogens is 2. The fourth-order valence-corrected chi connectivity index (χ4v) is 1.20. The molecule has 0 aliphatic rings. The predicted molar refractivity (Wildman–Crippen MR) is 61.3 cm³/mol. The third kappa shape index (κ3) is 4.12. The quantitative estimate of drug-likeness (QED) is 0.729. The number of rotatable bonds is 5. The SMILES string of the molecule is CC(C)NCCN(C)c1cc(=O)[nH]cn1. The molecular weight excluding hydrogens is 192 g/mol. The number of anilines is 1. The van der Waals surface area contributed by atoms with Crippen LogP contribution in [0.2, 0.25) is 0 Å². The Labute approximate surface area is 89.5 Å². The molecule has 2 N–H and O–H groups in total. The van der Waals surface area contributed by atoms with Crippen LogP contribution in [-0.4, -0.2) is 36.1 Å². The van der Waals surface area contributed by atoms with Crippen molar-refractivity contribution in [1.82, 2.24) is 15.3 Å². The third-order valence-electron chi connectivity index (χ3n) is 2.05. The average molecular weight is 210 g/mol. The number of nitrogens with zero attached hydrogens (tertiary/aromatic N) is 2. The van der Waals surface area contributed by atoms with Crippen LogP contribution in [0.5, 0.6) is 0 Å². The van der Waals surface area contributed by atoms with Crippen LogP contribution in [0.3, 0.4) is 0 Å². The van der Waals surface area contributed by atoms with Gasteiger partial charge in [-0.25, -0.2) is 4.98 Å². The van der Waals surface area contributed by atoms with E-state index < -0.39 is 0 Å². The van der Waals surface area contributed by atoms with Crippen LogP contribution in [0.4, 0.5) is 5.82 Å². The molecule has 1 rings (SSSR count). The van der Waals surface area contributed by atoms with Crippen molar-refractivity contribution >= 4 is 5.82 Å². The summed E-state index contributed by atoms with van der Waals surface area (Å²) in [5.74, 6) is 0.698. The van der Waals surface area contributed by atoms with Gasteiger partial charge in [0.05, 0.1) is 6.33 Å². The first-order chi connectivity index (χ1) is 7.09. The minimum Gasteiger partial charge on any atom is -0.358 e. The summed E-state index contributed by atoms with van der Waals surface area (Å²) in [4.78, 5) is 19.6. The average Bonchev–Trinajstić information content (AvgIpc) is 2.17. The van der Waals surface area contributed by atoms with Crippen molar-refractivity contribution in [2.24, 2.45) is 0 Å². The minimum atomic E-state index is -0.122. The molecule has 5 nitrogen and oxygen atoms in total. The Morgan fingerprint density at radius 3 is 2.93 bits per heavy atom. The summed E-state index contributed by atoms with van der Waals surface area (Å²) in [5, 5.41) is 3.31. The van der Waals surface area contributed by atoms with Crippen LogP contribution in [0.15, 0.2) is 17.2 Å². The standard InChI is InChI=1S/C10H18N4O/c1-8(2)11-4-5-14(3)9-6-10(15)13-7-12-9/h6-8,11H,4-5H2,1-3H3,(H,12,13,15). The van der Waals surface area contributed by atoms with Crippen LogP contribution in [0, 0.1) is 0 Å². The first-order valence-electron chi connectivity index (χ1n) is 5.09. The Balaban J connectivity index is 2.46. The zero-order chi connectivity index (χ0) is 11.3. The Morgan fingerprint density at radius 2 is 2.33 bits per heavy atom. The molecule has 1 aromatic heterocycles. The van der Waals surface area contributed by atoms with Gasteiger partial charge in [0.25, 0.3) is 5.56 Å². The van der Waals surface area contributed by atoms with Crippen molar-refractivity contribution in [3.63, 3.8) is 0 Å². The normalized spacial score (nSPS) is 10.7. The van der Waals surface area contributed by atoms with E-state index in [2.05, 4.69) is 29.1 Å². The van der Waals surface area contributed by atoms with E-state index >= 15 is 0 Å². The second kappa shape index (κ2) is 5.50. The Morgan fingerprint density at radius 1 is 1.60 bits per heavy atom. The molecule has 0 aliphatic carbocycles. The summed E-state index contributed by atoms with van der Waals surface area (Å²) in [5.41, 5.74) is -0.122. The molecule has 0 radical (unpaired) electrons. The van der Waals surface area contributed by atoms with E-state index in [4.69, 9.17) is 0 Å². The van der Waals surface area contributed by atoms with Crippen molar-refractivity contribution in [2.75, 3.05) is 25.0 Å². The van der Waals surface area contributed by atoms with Gasteiger partial charge in [-0.3, -0.25) is 4.79 Å². The van der Waals surface area contributed by atoms with E-state index in [9.17, 15) is 4.79 Å². The van der Waals surface area contributed by atoms with Crippen molar-refractivity contribution in [2.45, 2.75) is 19.9 Å². The lowest BCUT2D eigenvalue weighted by Crippen LogP contribution is -2.33. The van der Waals surface area contributed by atoms with Crippen molar-refractivity contribution in [1.29, 1.82) is 0 Å². The van der Waals surface area contributed by atoms with Crippen molar-refractivity contribution < 1.29 is 0 Å². The smallest absolute Gasteiger partial charge is 0.252 e. The van der Waals surface area contributed by atoms with Gasteiger partial charge in [-0.15, -0.1) is 0 Å². The van der Waals surface area contributed by atoms with Crippen LogP contribution in [0.1, 0.15) is 13.8 Å². The molecule has 1 aromatic rings. The summed E-state index contributed by atoms with van der Waals surface area (Å²) in [6, 6.07) is 1.97. The van der Waals surface area contributed by atoms with Gasteiger partial charge in [-0.1, -0.05) is 13.8 Å². The molecule has 0 amide bonds. The molecule has 0 aromatic carbocycles. The van der Waals surface area contributed by atoms with Crippen molar-refractivity contribution in [3.8, 4) is 0 Å². The minimum absolute atomic E-state index is 0.122. The second-order valence-electron chi connectivity index (χ2n) is 3.80. The van der Waals surface area contributed by atoms with Crippen LogP contribution >= 0.6 is 0 Å². The van der Waals surface area contributed by atoms with E-state index in [-0.39, 0.29) is 5.56 Å². The molecule has 0 saturated carbocycles. The summed E-state index contributed by atoms with van der Waals surface area (Å²) in [7, 11) is 1.92. The lowest BCUT2D eigenvalue weighted by atomic mass is 10.4. The van der Waals surface area contributed by atoms with Gasteiger partial charge >= 0.3 is 0 Å². The van der Waals surface area contributed by atoms with Gasteiger partial charge in [0.15, 0.2) is 0 Å². The van der Waals surface area contributed by atoms with Crippen LogP contribution in [0.25, 0.3) is 0 Å². The number of likely N-dealkylation sites (N-methyl/N-ethyl adjacent to an activating group) is 1. The summed E-state index contributed by atoms with van der Waals surface area (Å²) in [6.45, 7) is 5.91. The van der Waals surface area contributed by atoms with E-state index in [1.54, 1.807) is 0 Å². The highest BCUT2D eigenvalue weighted by Crippen LogP contribution is 2.01. The van der Waals surface area contributed by atoms with Gasteiger partial charge in [-0.05, 0) is 0 Å². The Kier molecular flexibility index (Phi) is 4.30. The first-order valence-corrected chi connectivity index (χ1v) is 5.09. The van der Waals surface area contributed by atoms with E-state index in [0.717, 1.165) is 13.1 Å². The van der Waals surface area contributed by atoms with E-state index in [1.165, 1.54) is 12.4 Å². The monoisotopic (exact) mass is 210 g/mol. The van der Waals surface area contributed by atoms with Crippen LogP contribution in [-0.2, 0) is 0 Å². The molecule has 0 bridgehead atoms. The lowest BCUT2D eigenvalue weighted by molar-refractivity contribution is 0.588. The molecular formula is C10H18N4O. The predicted octanol–water partition coefficient (Wildman–Crippen LogP) is 0.204. The Hall–Kier alpha value is -1.36. The number of hydrogen-bond acceptors (Lipinski definition) is 4. The van der Waals surface area contributed by atoms with E-state index in [0.29, 0.717) is 11.9 Å². The third-order valence-corrected chi connectivity index (χ3v) is 2.05. The van der Waals surface area contributed by atoms with E-state index in [1.807, 2.05) is 11.9 Å². The molecule has 0 spiro atoms. The van der Waals surface area contributed by atoms with Gasteiger partial charge in [-0.2, -0.15) is 0 Å². The first kappa shape index (κ1) is 11.7. The lowest BCUT2D eigenvalue weighted by Gasteiger charge is -2.18. The molecule has 0 fully saturated rings. The maximum Gasteiger partial charge on any atom is 0.252 e. The maximum atomic E-state index is 11.0. The van der Waals surface area contributed by atoms with Gasteiger partial charge in [0.2, 0.25) is 0 Å². The van der Waals surface area contributed by atoms with Crippen molar-refractivity contribution in [3.05, 3.63) is 22.7 Å². The number of H-pyrrole nitrogens is 1. The highest BCUT2D eigenvalue weighted by atomic mass is 16.1. The molecule has 0 atom stereocenters. The second-order valence-corrected chi connectivity index (χ2v) is 3.80. The van der Waals surface area contributed by atoms with Gasteiger partial charge in [0.1, 0.15) is 5.82 Å². The summed E-state index contributed by atoms with van der Waals surface area (Å²) >= 11 is 0. The highest BCUT2D eigenvalue weighted by molar-refractivity contribution is 5.34. The fourth-order valence-electron chi connectivity index (χ4n) is 1.20. The molecule has 0 aliphatic heterocycles. The highest BCUT2D eigenvalue weighted by Gasteiger charge is 2.02. The zero-order valence-electron chi connectivity index (χ0n) is 9.45. The van der Waals surface area contributed by atoms with Gasteiger partial charge in [0, 0.05) is 32.2 Å². The molecule has 5 heteroatoms. The summed E-state index contributed by atoms with van der Waals surface area (Å²) < 4.78 is 0. The molecule has 1 heterocycles. The summed E-state index contributed by atoms with van der Waals surface area (Å²) in [6.07, 6.45) is 1.42. The number of hydrogen-bond donors (Lipinski definition) is 2. The zero-order valence-corrected chi connectivity index (χ0v) is 9.45. The molecule has 0 saturated heterocycles. The molecule has 15 heavy (non-hydrogen) atoms. The number of nitrogens with one attached hydrogen (secondary N) is 2. The molecule has 0 unspecified atom stereocenters. The Bertz CT molecular complexity index is 347. The maximum absolute atomic E-state index is 11.0. The fraction of sp³-hybridized carbons (Fsp3) is 0.600. The van der Waals surface area contributed by atoms with Crippen LogP contribution < -0.4 is 15.8 Å². The number of aromatic amines is 1.